The first-order chi connectivity index (χ1) is 9.34. The van der Waals surface area contributed by atoms with E-state index in [9.17, 15) is 4.79 Å². The van der Waals surface area contributed by atoms with Crippen LogP contribution in [0.4, 0.5) is 0 Å². The van der Waals surface area contributed by atoms with Crippen LogP contribution in [0.3, 0.4) is 0 Å². The fourth-order valence-electron chi connectivity index (χ4n) is 2.96. The number of nitrogens with zero attached hydrogens (tertiary/aromatic N) is 1. The number of benzene rings is 1. The van der Waals surface area contributed by atoms with Gasteiger partial charge in [-0.1, -0.05) is 18.2 Å². The Labute approximate surface area is 113 Å². The normalized spacial score (nSPS) is 19.7. The Hall–Kier alpha value is -1.61. The fourth-order valence-corrected chi connectivity index (χ4v) is 2.96. The summed E-state index contributed by atoms with van der Waals surface area (Å²) in [6.07, 6.45) is 3.63. The van der Waals surface area contributed by atoms with Gasteiger partial charge in [-0.25, -0.2) is 0 Å². The van der Waals surface area contributed by atoms with Gasteiger partial charge in [0.15, 0.2) is 0 Å². The number of rotatable bonds is 3. The zero-order chi connectivity index (χ0) is 13.1. The van der Waals surface area contributed by atoms with Crippen LogP contribution in [0, 0.1) is 5.92 Å². The van der Waals surface area contributed by atoms with Crippen molar-refractivity contribution in [2.75, 3.05) is 13.1 Å². The molecule has 1 saturated heterocycles. The van der Waals surface area contributed by atoms with Crippen LogP contribution in [-0.4, -0.2) is 17.7 Å². The molecule has 1 unspecified atom stereocenters. The van der Waals surface area contributed by atoms with Crippen LogP contribution < -0.4 is 10.9 Å². The second kappa shape index (κ2) is 5.57. The molecule has 3 nitrogen and oxygen atoms in total. The second-order valence-corrected chi connectivity index (χ2v) is 5.38. The van der Waals surface area contributed by atoms with E-state index in [4.69, 9.17) is 0 Å². The summed E-state index contributed by atoms with van der Waals surface area (Å²) in [4.78, 5) is 12.1. The fraction of sp³-hybridized carbons (Fsp3) is 0.438. The van der Waals surface area contributed by atoms with E-state index in [1.165, 1.54) is 12.8 Å². The number of hydrogen-bond acceptors (Lipinski definition) is 2. The molecule has 2 heterocycles. The highest BCUT2D eigenvalue weighted by Crippen LogP contribution is 2.17. The van der Waals surface area contributed by atoms with Crippen molar-refractivity contribution in [1.29, 1.82) is 0 Å². The predicted octanol–water partition coefficient (Wildman–Crippen LogP) is 2.39. The molecule has 0 aliphatic carbocycles. The van der Waals surface area contributed by atoms with E-state index in [1.54, 1.807) is 6.07 Å². The maximum absolute atomic E-state index is 12.1. The van der Waals surface area contributed by atoms with Gasteiger partial charge in [0.1, 0.15) is 0 Å². The average molecular weight is 256 g/mol. The Kier molecular flexibility index (Phi) is 3.65. The molecule has 1 aromatic heterocycles. The Balaban J connectivity index is 1.83. The van der Waals surface area contributed by atoms with Crippen LogP contribution >= 0.6 is 0 Å². The second-order valence-electron chi connectivity index (χ2n) is 5.38. The standard InChI is InChI=1S/C16H20N2O/c19-16-8-7-14-5-1-2-6-15(14)18(16)11-9-13-4-3-10-17-12-13/h1-2,5-8,13,17H,3-4,9-12H2. The zero-order valence-electron chi connectivity index (χ0n) is 11.1. The van der Waals surface area contributed by atoms with E-state index in [1.807, 2.05) is 28.8 Å². The molecule has 2 aromatic rings. The summed E-state index contributed by atoms with van der Waals surface area (Å²) in [5.41, 5.74) is 1.17. The molecular formula is C16H20N2O. The van der Waals surface area contributed by atoms with Crippen molar-refractivity contribution in [2.24, 2.45) is 5.92 Å². The molecule has 19 heavy (non-hydrogen) atoms. The van der Waals surface area contributed by atoms with Gasteiger partial charge < -0.3 is 9.88 Å². The lowest BCUT2D eigenvalue weighted by Crippen LogP contribution is -2.31. The highest BCUT2D eigenvalue weighted by atomic mass is 16.1. The Bertz CT molecular complexity index is 611. The van der Waals surface area contributed by atoms with E-state index in [-0.39, 0.29) is 5.56 Å². The van der Waals surface area contributed by atoms with Crippen LogP contribution in [0.5, 0.6) is 0 Å². The van der Waals surface area contributed by atoms with Gasteiger partial charge >= 0.3 is 0 Å². The minimum Gasteiger partial charge on any atom is -0.316 e. The minimum atomic E-state index is 0.113. The first-order valence-corrected chi connectivity index (χ1v) is 7.14. The van der Waals surface area contributed by atoms with Crippen molar-refractivity contribution < 1.29 is 0 Å². The smallest absolute Gasteiger partial charge is 0.251 e. The number of para-hydroxylation sites is 1. The molecule has 3 heteroatoms. The first kappa shape index (κ1) is 12.4. The largest absolute Gasteiger partial charge is 0.316 e. The quantitative estimate of drug-likeness (QED) is 0.915. The molecule has 0 amide bonds. The third kappa shape index (κ3) is 2.71. The Morgan fingerprint density at radius 1 is 1.21 bits per heavy atom. The third-order valence-electron chi connectivity index (χ3n) is 4.06. The molecule has 1 aromatic carbocycles. The van der Waals surface area contributed by atoms with E-state index in [2.05, 4.69) is 11.4 Å². The van der Waals surface area contributed by atoms with Crippen LogP contribution in [0.1, 0.15) is 19.3 Å². The summed E-state index contributed by atoms with van der Waals surface area (Å²) in [6, 6.07) is 11.7. The molecule has 1 aliphatic rings. The Morgan fingerprint density at radius 2 is 2.11 bits per heavy atom. The lowest BCUT2D eigenvalue weighted by atomic mass is 9.96. The lowest BCUT2D eigenvalue weighted by Gasteiger charge is -2.23. The molecule has 1 N–H and O–H groups in total. The molecule has 1 aliphatic heterocycles. The van der Waals surface area contributed by atoms with E-state index in [0.29, 0.717) is 5.92 Å². The van der Waals surface area contributed by atoms with Gasteiger partial charge in [-0.05, 0) is 55.8 Å². The number of piperidine rings is 1. The zero-order valence-corrected chi connectivity index (χ0v) is 11.1. The summed E-state index contributed by atoms with van der Waals surface area (Å²) in [5, 5.41) is 4.58. The van der Waals surface area contributed by atoms with E-state index in [0.717, 1.165) is 37.0 Å². The molecule has 1 atom stereocenters. The maximum atomic E-state index is 12.1. The number of hydrogen-bond donors (Lipinski definition) is 1. The number of nitrogens with one attached hydrogen (secondary N) is 1. The molecule has 0 saturated carbocycles. The monoisotopic (exact) mass is 256 g/mol. The molecule has 1 fully saturated rings. The van der Waals surface area contributed by atoms with Crippen LogP contribution in [0.25, 0.3) is 10.9 Å². The van der Waals surface area contributed by atoms with Crippen LogP contribution in [-0.2, 0) is 6.54 Å². The van der Waals surface area contributed by atoms with Gasteiger partial charge in [-0.2, -0.15) is 0 Å². The highest BCUT2D eigenvalue weighted by Gasteiger charge is 2.13. The van der Waals surface area contributed by atoms with Gasteiger partial charge in [0.2, 0.25) is 0 Å². The van der Waals surface area contributed by atoms with Crippen molar-refractivity contribution in [1.82, 2.24) is 9.88 Å². The van der Waals surface area contributed by atoms with Crippen LogP contribution in [0.15, 0.2) is 41.2 Å². The third-order valence-corrected chi connectivity index (χ3v) is 4.06. The summed E-state index contributed by atoms with van der Waals surface area (Å²) < 4.78 is 1.92. The minimum absolute atomic E-state index is 0.113. The molecule has 0 radical (unpaired) electrons. The van der Waals surface area contributed by atoms with Crippen molar-refractivity contribution in [3.8, 4) is 0 Å². The van der Waals surface area contributed by atoms with Gasteiger partial charge in [0, 0.05) is 12.6 Å². The number of pyridine rings is 1. The first-order valence-electron chi connectivity index (χ1n) is 7.14. The highest BCUT2D eigenvalue weighted by molar-refractivity contribution is 5.78. The van der Waals surface area contributed by atoms with Gasteiger partial charge in [-0.3, -0.25) is 4.79 Å². The molecule has 0 bridgehead atoms. The van der Waals surface area contributed by atoms with E-state index >= 15 is 0 Å². The number of aryl methyl sites for hydroxylation is 1. The van der Waals surface area contributed by atoms with E-state index < -0.39 is 0 Å². The van der Waals surface area contributed by atoms with Gasteiger partial charge in [-0.15, -0.1) is 0 Å². The van der Waals surface area contributed by atoms with Crippen molar-refractivity contribution in [3.05, 3.63) is 46.8 Å². The SMILES string of the molecule is O=c1ccc2ccccc2n1CCC1CCCNC1. The topological polar surface area (TPSA) is 34.0 Å². The molecule has 100 valence electrons. The maximum Gasteiger partial charge on any atom is 0.251 e. The number of aromatic nitrogens is 1. The predicted molar refractivity (Wildman–Crippen MR) is 78.4 cm³/mol. The summed E-state index contributed by atoms with van der Waals surface area (Å²) in [6.45, 7) is 3.07. The molecule has 0 spiro atoms. The lowest BCUT2D eigenvalue weighted by molar-refractivity contribution is 0.342. The van der Waals surface area contributed by atoms with Crippen molar-refractivity contribution in [2.45, 2.75) is 25.8 Å². The summed E-state index contributed by atoms with van der Waals surface area (Å²) in [5.74, 6) is 0.708. The summed E-state index contributed by atoms with van der Waals surface area (Å²) >= 11 is 0. The van der Waals surface area contributed by atoms with Gasteiger partial charge in [0.25, 0.3) is 5.56 Å². The van der Waals surface area contributed by atoms with Gasteiger partial charge in [0.05, 0.1) is 5.52 Å². The molecule has 3 rings (SSSR count). The molecular weight excluding hydrogens is 236 g/mol. The van der Waals surface area contributed by atoms with Crippen molar-refractivity contribution in [3.63, 3.8) is 0 Å². The number of fused-ring (bicyclic) bond motifs is 1. The Morgan fingerprint density at radius 3 is 2.95 bits per heavy atom. The average Bonchev–Trinajstić information content (AvgIpc) is 2.47. The van der Waals surface area contributed by atoms with Crippen molar-refractivity contribution >= 4 is 10.9 Å². The summed E-state index contributed by atoms with van der Waals surface area (Å²) in [7, 11) is 0. The van der Waals surface area contributed by atoms with Crippen LogP contribution in [0.2, 0.25) is 0 Å².